The quantitative estimate of drug-likeness (QED) is 0.516. The van der Waals surface area contributed by atoms with E-state index in [0.29, 0.717) is 36.9 Å². The Balaban J connectivity index is 1.48. The summed E-state index contributed by atoms with van der Waals surface area (Å²) < 4.78 is 7.40. The Morgan fingerprint density at radius 2 is 1.81 bits per heavy atom. The first-order chi connectivity index (χ1) is 17.8. The summed E-state index contributed by atoms with van der Waals surface area (Å²) in [6.45, 7) is 7.48. The molecule has 2 N–H and O–H groups in total. The number of benzene rings is 2. The molecule has 2 fully saturated rings. The van der Waals surface area contributed by atoms with Crippen molar-refractivity contribution in [1.82, 2.24) is 19.7 Å². The standard InChI is InChI=1S/C29H36N4O4/c1-19(2)31-12-10-21(11-13-31)30-28(35)27-15-25-24(29(36)32-17-22(34)18-32)8-5-9-26(25)33(27)16-20-6-4-7-23(14-20)37-3/h4-9,14-15,19,21-22,34H,10-13,16-18H2,1-3H3,(H,30,35). The van der Waals surface area contributed by atoms with Crippen molar-refractivity contribution < 1.29 is 19.4 Å². The Kier molecular flexibility index (Phi) is 7.22. The number of nitrogens with one attached hydrogen (secondary N) is 1. The van der Waals surface area contributed by atoms with Gasteiger partial charge in [0, 0.05) is 61.3 Å². The third-order valence-electron chi connectivity index (χ3n) is 7.63. The molecule has 37 heavy (non-hydrogen) atoms. The molecule has 8 nitrogen and oxygen atoms in total. The van der Waals surface area contributed by atoms with Crippen molar-refractivity contribution in [3.63, 3.8) is 0 Å². The van der Waals surface area contributed by atoms with E-state index in [1.807, 2.05) is 47.0 Å². The predicted octanol–water partition coefficient (Wildman–Crippen LogP) is 3.12. The number of rotatable bonds is 7. The third-order valence-corrected chi connectivity index (χ3v) is 7.63. The molecule has 0 spiro atoms. The zero-order valence-electron chi connectivity index (χ0n) is 21.8. The molecule has 0 atom stereocenters. The summed E-state index contributed by atoms with van der Waals surface area (Å²) in [5, 5.41) is 13.7. The molecule has 196 valence electrons. The van der Waals surface area contributed by atoms with Gasteiger partial charge in [0.05, 0.1) is 13.2 Å². The second kappa shape index (κ2) is 10.6. The molecule has 2 aromatic carbocycles. The van der Waals surface area contributed by atoms with Crippen LogP contribution in [-0.4, -0.2) is 82.8 Å². The molecule has 8 heteroatoms. The van der Waals surface area contributed by atoms with Crippen molar-refractivity contribution in [2.24, 2.45) is 0 Å². The molecule has 1 aromatic heterocycles. The zero-order valence-corrected chi connectivity index (χ0v) is 21.8. The summed E-state index contributed by atoms with van der Waals surface area (Å²) in [7, 11) is 1.64. The number of carbonyl (C=O) groups is 2. The number of β-amino-alcohol motifs (C(OH)–C–C–N with tert-alkyl or cyclic N) is 1. The highest BCUT2D eigenvalue weighted by molar-refractivity contribution is 6.09. The highest BCUT2D eigenvalue weighted by atomic mass is 16.5. The van der Waals surface area contributed by atoms with Gasteiger partial charge in [0.2, 0.25) is 0 Å². The van der Waals surface area contributed by atoms with E-state index in [-0.39, 0.29) is 17.9 Å². The van der Waals surface area contributed by atoms with Crippen LogP contribution >= 0.6 is 0 Å². The largest absolute Gasteiger partial charge is 0.497 e. The average Bonchev–Trinajstić information content (AvgIpc) is 3.25. The van der Waals surface area contributed by atoms with E-state index in [1.165, 1.54) is 0 Å². The summed E-state index contributed by atoms with van der Waals surface area (Å²) >= 11 is 0. The van der Waals surface area contributed by atoms with Crippen LogP contribution in [0, 0.1) is 0 Å². The van der Waals surface area contributed by atoms with Gasteiger partial charge in [-0.2, -0.15) is 0 Å². The van der Waals surface area contributed by atoms with Crippen LogP contribution in [0.15, 0.2) is 48.5 Å². The summed E-state index contributed by atoms with van der Waals surface area (Å²) in [4.78, 5) is 30.9. The van der Waals surface area contributed by atoms with Crippen LogP contribution in [0.2, 0.25) is 0 Å². The van der Waals surface area contributed by atoms with E-state index >= 15 is 0 Å². The average molecular weight is 505 g/mol. The van der Waals surface area contributed by atoms with Gasteiger partial charge in [-0.25, -0.2) is 0 Å². The van der Waals surface area contributed by atoms with Crippen LogP contribution in [0.4, 0.5) is 0 Å². The fourth-order valence-corrected chi connectivity index (χ4v) is 5.39. The zero-order chi connectivity index (χ0) is 26.1. The number of piperidine rings is 1. The molecule has 0 unspecified atom stereocenters. The van der Waals surface area contributed by atoms with Gasteiger partial charge < -0.3 is 29.5 Å². The van der Waals surface area contributed by atoms with Crippen LogP contribution in [0.5, 0.6) is 5.75 Å². The van der Waals surface area contributed by atoms with Crippen molar-refractivity contribution in [3.8, 4) is 5.75 Å². The molecular formula is C29H36N4O4. The maximum absolute atomic E-state index is 13.7. The highest BCUT2D eigenvalue weighted by Gasteiger charge is 2.31. The number of aromatic nitrogens is 1. The number of fused-ring (bicyclic) bond motifs is 1. The second-order valence-electron chi connectivity index (χ2n) is 10.4. The van der Waals surface area contributed by atoms with E-state index in [4.69, 9.17) is 4.74 Å². The van der Waals surface area contributed by atoms with Gasteiger partial charge in [-0.15, -0.1) is 0 Å². The number of amides is 2. The Morgan fingerprint density at radius 3 is 2.49 bits per heavy atom. The lowest BCUT2D eigenvalue weighted by atomic mass is 10.0. The Hall–Kier alpha value is -3.36. The number of nitrogens with zero attached hydrogens (tertiary/aromatic N) is 3. The monoisotopic (exact) mass is 504 g/mol. The minimum absolute atomic E-state index is 0.120. The second-order valence-corrected chi connectivity index (χ2v) is 10.4. The van der Waals surface area contributed by atoms with Crippen LogP contribution < -0.4 is 10.1 Å². The topological polar surface area (TPSA) is 87.0 Å². The predicted molar refractivity (Wildman–Crippen MR) is 143 cm³/mol. The van der Waals surface area contributed by atoms with Gasteiger partial charge in [0.1, 0.15) is 11.4 Å². The molecule has 0 saturated carbocycles. The van der Waals surface area contributed by atoms with Gasteiger partial charge in [0.15, 0.2) is 0 Å². The number of aliphatic hydroxyl groups excluding tert-OH is 1. The van der Waals surface area contributed by atoms with E-state index in [9.17, 15) is 14.7 Å². The number of hydrogen-bond acceptors (Lipinski definition) is 5. The molecule has 2 aliphatic heterocycles. The molecule has 2 aliphatic rings. The maximum Gasteiger partial charge on any atom is 0.268 e. The van der Waals surface area contributed by atoms with Crippen molar-refractivity contribution in [2.45, 2.75) is 51.4 Å². The fourth-order valence-electron chi connectivity index (χ4n) is 5.39. The number of hydrogen-bond donors (Lipinski definition) is 2. The first kappa shape index (κ1) is 25.3. The number of likely N-dealkylation sites (tertiary alicyclic amines) is 2. The normalized spacial score (nSPS) is 17.3. The lowest BCUT2D eigenvalue weighted by Crippen LogP contribution is -2.53. The van der Waals surface area contributed by atoms with Crippen LogP contribution in [0.25, 0.3) is 10.9 Å². The molecular weight excluding hydrogens is 468 g/mol. The molecule has 2 saturated heterocycles. The number of aliphatic hydroxyl groups is 1. The molecule has 0 radical (unpaired) electrons. The first-order valence-corrected chi connectivity index (χ1v) is 13.1. The lowest BCUT2D eigenvalue weighted by molar-refractivity contribution is 0.00603. The Bertz CT molecular complexity index is 1290. The molecule has 0 aliphatic carbocycles. The molecule has 2 amide bonds. The third kappa shape index (κ3) is 5.22. The molecule has 0 bridgehead atoms. The molecule has 3 aromatic rings. The minimum Gasteiger partial charge on any atom is -0.497 e. The summed E-state index contributed by atoms with van der Waals surface area (Å²) in [5.41, 5.74) is 2.91. The van der Waals surface area contributed by atoms with E-state index in [0.717, 1.165) is 48.1 Å². The van der Waals surface area contributed by atoms with Crippen LogP contribution in [0.1, 0.15) is 53.1 Å². The summed E-state index contributed by atoms with van der Waals surface area (Å²) in [6.07, 6.45) is 1.37. The Labute approximate surface area is 217 Å². The van der Waals surface area contributed by atoms with Crippen LogP contribution in [-0.2, 0) is 6.54 Å². The lowest BCUT2D eigenvalue weighted by Gasteiger charge is -2.36. The maximum atomic E-state index is 13.7. The number of ether oxygens (including phenoxy) is 1. The van der Waals surface area contributed by atoms with Crippen molar-refractivity contribution in [2.75, 3.05) is 33.3 Å². The van der Waals surface area contributed by atoms with Gasteiger partial charge in [-0.3, -0.25) is 9.59 Å². The Morgan fingerprint density at radius 1 is 1.08 bits per heavy atom. The van der Waals surface area contributed by atoms with E-state index in [2.05, 4.69) is 24.1 Å². The fraction of sp³-hybridized carbons (Fsp3) is 0.448. The van der Waals surface area contributed by atoms with E-state index in [1.54, 1.807) is 18.1 Å². The number of carbonyl (C=O) groups excluding carboxylic acids is 2. The molecule has 3 heterocycles. The van der Waals surface area contributed by atoms with Crippen molar-refractivity contribution in [1.29, 1.82) is 0 Å². The van der Waals surface area contributed by atoms with Crippen molar-refractivity contribution in [3.05, 3.63) is 65.4 Å². The van der Waals surface area contributed by atoms with Gasteiger partial charge in [-0.1, -0.05) is 18.2 Å². The smallest absolute Gasteiger partial charge is 0.268 e. The first-order valence-electron chi connectivity index (χ1n) is 13.1. The van der Waals surface area contributed by atoms with Crippen LogP contribution in [0.3, 0.4) is 0 Å². The van der Waals surface area contributed by atoms with E-state index < -0.39 is 6.10 Å². The van der Waals surface area contributed by atoms with Gasteiger partial charge in [-0.05, 0) is 62.6 Å². The minimum atomic E-state index is -0.468. The SMILES string of the molecule is COc1cccc(Cn2c(C(=O)NC3CCN(C(C)C)CC3)cc3c(C(=O)N4CC(O)C4)cccc32)c1. The summed E-state index contributed by atoms with van der Waals surface area (Å²) in [5.74, 6) is 0.506. The summed E-state index contributed by atoms with van der Waals surface area (Å²) in [6, 6.07) is 15.9. The number of methoxy groups -OCH3 is 1. The van der Waals surface area contributed by atoms with Crippen molar-refractivity contribution >= 4 is 22.7 Å². The molecule has 5 rings (SSSR count). The highest BCUT2D eigenvalue weighted by Crippen LogP contribution is 2.28. The van der Waals surface area contributed by atoms with Gasteiger partial charge >= 0.3 is 0 Å². The van der Waals surface area contributed by atoms with Gasteiger partial charge in [0.25, 0.3) is 11.8 Å².